The number of aryl methyl sites for hydroxylation is 1. The second-order valence-corrected chi connectivity index (χ2v) is 4.48. The summed E-state index contributed by atoms with van der Waals surface area (Å²) in [6.45, 7) is 5.31. The van der Waals surface area contributed by atoms with Crippen molar-refractivity contribution in [2.24, 2.45) is 0 Å². The molecule has 1 unspecified atom stereocenters. The minimum absolute atomic E-state index is 0.477. The van der Waals surface area contributed by atoms with Crippen LogP contribution in [0, 0.1) is 6.92 Å². The zero-order chi connectivity index (χ0) is 10.3. The summed E-state index contributed by atoms with van der Waals surface area (Å²) in [5.74, 6) is 0. The van der Waals surface area contributed by atoms with Crippen molar-refractivity contribution in [3.05, 3.63) is 22.7 Å². The number of likely N-dealkylation sites (N-methyl/N-ethyl adjacent to an activating group) is 1. The number of hydrogen-bond acceptors (Lipinski definition) is 2. The van der Waals surface area contributed by atoms with Gasteiger partial charge in [0.15, 0.2) is 0 Å². The maximum atomic E-state index is 6.02. The molecule has 0 fully saturated rings. The summed E-state index contributed by atoms with van der Waals surface area (Å²) in [7, 11) is 2.12. The molecular weight excluding hydrogens is 196 g/mol. The Morgan fingerprint density at radius 2 is 2.21 bits per heavy atom. The van der Waals surface area contributed by atoms with Crippen LogP contribution in [0.15, 0.2) is 12.1 Å². The van der Waals surface area contributed by atoms with Gasteiger partial charge in [0.2, 0.25) is 0 Å². The second kappa shape index (κ2) is 3.35. The first-order valence-corrected chi connectivity index (χ1v) is 5.23. The number of rotatable bonds is 0. The van der Waals surface area contributed by atoms with Gasteiger partial charge in [0, 0.05) is 24.7 Å². The third-order valence-corrected chi connectivity index (χ3v) is 2.81. The van der Waals surface area contributed by atoms with E-state index in [4.69, 9.17) is 11.6 Å². The molecule has 1 atom stereocenters. The Bertz CT molecular complexity index is 363. The molecule has 2 rings (SSSR count). The number of hydrogen-bond donors (Lipinski definition) is 1. The van der Waals surface area contributed by atoms with Gasteiger partial charge in [-0.05, 0) is 31.5 Å². The van der Waals surface area contributed by atoms with Crippen LogP contribution in [0.3, 0.4) is 0 Å². The fourth-order valence-electron chi connectivity index (χ4n) is 2.17. The van der Waals surface area contributed by atoms with E-state index in [-0.39, 0.29) is 0 Å². The van der Waals surface area contributed by atoms with Gasteiger partial charge in [0.1, 0.15) is 0 Å². The first-order chi connectivity index (χ1) is 6.58. The molecule has 0 aromatic heterocycles. The average Bonchev–Trinajstić information content (AvgIpc) is 1.99. The highest BCUT2D eigenvalue weighted by atomic mass is 35.5. The van der Waals surface area contributed by atoms with E-state index < -0.39 is 0 Å². The van der Waals surface area contributed by atoms with Crippen molar-refractivity contribution in [2.45, 2.75) is 19.9 Å². The molecule has 3 heteroatoms. The standard InChI is InChI=1S/C11H15ClN2/c1-7-4-9(12)5-10-11(7)14(3)6-8(2)13-10/h4-5,8,13H,6H2,1-3H3. The summed E-state index contributed by atoms with van der Waals surface area (Å²) >= 11 is 6.02. The van der Waals surface area contributed by atoms with Crippen LogP contribution in [0.25, 0.3) is 0 Å². The third kappa shape index (κ3) is 1.55. The minimum Gasteiger partial charge on any atom is -0.379 e. The second-order valence-electron chi connectivity index (χ2n) is 4.04. The van der Waals surface area contributed by atoms with Gasteiger partial charge in [0.05, 0.1) is 11.4 Å². The monoisotopic (exact) mass is 210 g/mol. The summed E-state index contributed by atoms with van der Waals surface area (Å²) in [5.41, 5.74) is 3.65. The Hall–Kier alpha value is -0.890. The summed E-state index contributed by atoms with van der Waals surface area (Å²) in [5, 5.41) is 4.25. The van der Waals surface area contributed by atoms with Crippen LogP contribution in [0.1, 0.15) is 12.5 Å². The van der Waals surface area contributed by atoms with E-state index in [2.05, 4.69) is 31.1 Å². The van der Waals surface area contributed by atoms with Crippen molar-refractivity contribution in [3.8, 4) is 0 Å². The van der Waals surface area contributed by atoms with Crippen LogP contribution in [-0.4, -0.2) is 19.6 Å². The van der Waals surface area contributed by atoms with Crippen molar-refractivity contribution in [2.75, 3.05) is 23.8 Å². The Morgan fingerprint density at radius 3 is 2.93 bits per heavy atom. The zero-order valence-corrected chi connectivity index (χ0v) is 9.52. The molecule has 1 aromatic carbocycles. The maximum Gasteiger partial charge on any atom is 0.0630 e. The molecule has 0 saturated carbocycles. The van der Waals surface area contributed by atoms with E-state index in [1.807, 2.05) is 12.1 Å². The molecule has 0 aliphatic carbocycles. The molecule has 0 amide bonds. The maximum absolute atomic E-state index is 6.02. The molecule has 0 saturated heterocycles. The van der Waals surface area contributed by atoms with E-state index in [0.29, 0.717) is 6.04 Å². The van der Waals surface area contributed by atoms with Crippen molar-refractivity contribution in [1.29, 1.82) is 0 Å². The fourth-order valence-corrected chi connectivity index (χ4v) is 2.44. The van der Waals surface area contributed by atoms with Gasteiger partial charge in [-0.25, -0.2) is 0 Å². The van der Waals surface area contributed by atoms with Crippen molar-refractivity contribution < 1.29 is 0 Å². The molecule has 1 aromatic rings. The number of anilines is 2. The zero-order valence-electron chi connectivity index (χ0n) is 8.76. The Balaban J connectivity index is 2.53. The van der Waals surface area contributed by atoms with Gasteiger partial charge in [-0.15, -0.1) is 0 Å². The summed E-state index contributed by atoms with van der Waals surface area (Å²) < 4.78 is 0. The number of nitrogens with zero attached hydrogens (tertiary/aromatic N) is 1. The number of fused-ring (bicyclic) bond motifs is 1. The summed E-state index contributed by atoms with van der Waals surface area (Å²) in [6, 6.07) is 4.48. The van der Waals surface area contributed by atoms with Crippen LogP contribution in [0.5, 0.6) is 0 Å². The van der Waals surface area contributed by atoms with E-state index in [1.54, 1.807) is 0 Å². The average molecular weight is 211 g/mol. The molecule has 0 spiro atoms. The lowest BCUT2D eigenvalue weighted by molar-refractivity contribution is 0.736. The quantitative estimate of drug-likeness (QED) is 0.709. The van der Waals surface area contributed by atoms with Crippen LogP contribution in [0.4, 0.5) is 11.4 Å². The fraction of sp³-hybridized carbons (Fsp3) is 0.455. The van der Waals surface area contributed by atoms with E-state index in [9.17, 15) is 0 Å². The Kier molecular flexibility index (Phi) is 2.31. The first kappa shape index (κ1) is 9.66. The Labute approximate surface area is 89.9 Å². The predicted octanol–water partition coefficient (Wildman–Crippen LogP) is 2.90. The van der Waals surface area contributed by atoms with Gasteiger partial charge >= 0.3 is 0 Å². The van der Waals surface area contributed by atoms with Gasteiger partial charge in [-0.1, -0.05) is 11.6 Å². The van der Waals surface area contributed by atoms with Crippen molar-refractivity contribution >= 4 is 23.0 Å². The van der Waals surface area contributed by atoms with E-state index in [0.717, 1.165) is 17.3 Å². The van der Waals surface area contributed by atoms with Gasteiger partial charge in [-0.3, -0.25) is 0 Å². The minimum atomic E-state index is 0.477. The highest BCUT2D eigenvalue weighted by Gasteiger charge is 2.20. The van der Waals surface area contributed by atoms with Gasteiger partial charge < -0.3 is 10.2 Å². The Morgan fingerprint density at radius 1 is 1.50 bits per heavy atom. The molecule has 76 valence electrons. The third-order valence-electron chi connectivity index (χ3n) is 2.60. The molecule has 0 radical (unpaired) electrons. The summed E-state index contributed by atoms with van der Waals surface area (Å²) in [6.07, 6.45) is 0. The predicted molar refractivity (Wildman–Crippen MR) is 62.5 cm³/mol. The molecule has 1 heterocycles. The normalized spacial score (nSPS) is 20.3. The SMILES string of the molecule is Cc1cc(Cl)cc2c1N(C)CC(C)N2. The van der Waals surface area contributed by atoms with Crippen LogP contribution in [0.2, 0.25) is 5.02 Å². The number of halogens is 1. The molecule has 0 bridgehead atoms. The molecule has 1 aliphatic rings. The van der Waals surface area contributed by atoms with Crippen LogP contribution in [-0.2, 0) is 0 Å². The lowest BCUT2D eigenvalue weighted by Gasteiger charge is -2.34. The van der Waals surface area contributed by atoms with Crippen LogP contribution < -0.4 is 10.2 Å². The smallest absolute Gasteiger partial charge is 0.0630 e. The topological polar surface area (TPSA) is 15.3 Å². The highest BCUT2D eigenvalue weighted by molar-refractivity contribution is 6.31. The summed E-state index contributed by atoms with van der Waals surface area (Å²) in [4.78, 5) is 2.28. The lowest BCUT2D eigenvalue weighted by atomic mass is 10.1. The molecule has 1 aliphatic heterocycles. The molecule has 14 heavy (non-hydrogen) atoms. The van der Waals surface area contributed by atoms with Crippen molar-refractivity contribution in [3.63, 3.8) is 0 Å². The van der Waals surface area contributed by atoms with Gasteiger partial charge in [0.25, 0.3) is 0 Å². The van der Waals surface area contributed by atoms with E-state index >= 15 is 0 Å². The molecule has 2 nitrogen and oxygen atoms in total. The highest BCUT2D eigenvalue weighted by Crippen LogP contribution is 2.35. The molecule has 1 N–H and O–H groups in total. The lowest BCUT2D eigenvalue weighted by Crippen LogP contribution is -2.37. The largest absolute Gasteiger partial charge is 0.379 e. The van der Waals surface area contributed by atoms with Crippen molar-refractivity contribution in [1.82, 2.24) is 0 Å². The van der Waals surface area contributed by atoms with E-state index in [1.165, 1.54) is 11.3 Å². The van der Waals surface area contributed by atoms with Gasteiger partial charge in [-0.2, -0.15) is 0 Å². The number of benzene rings is 1. The number of nitrogens with one attached hydrogen (secondary N) is 1. The van der Waals surface area contributed by atoms with Crippen LogP contribution >= 0.6 is 11.6 Å². The first-order valence-electron chi connectivity index (χ1n) is 4.86. The molecular formula is C11H15ClN2.